The van der Waals surface area contributed by atoms with Crippen LogP contribution in [0, 0.1) is 6.92 Å². The van der Waals surface area contributed by atoms with Gasteiger partial charge in [-0.25, -0.2) is 8.42 Å². The second-order valence-electron chi connectivity index (χ2n) is 6.42. The Hall–Kier alpha value is -2.54. The van der Waals surface area contributed by atoms with Gasteiger partial charge in [0, 0.05) is 19.8 Å². The van der Waals surface area contributed by atoms with Crippen molar-refractivity contribution in [2.45, 2.75) is 31.4 Å². The van der Waals surface area contributed by atoms with Gasteiger partial charge in [0.25, 0.3) is 0 Å². The van der Waals surface area contributed by atoms with Crippen LogP contribution < -0.4 is 15.4 Å². The van der Waals surface area contributed by atoms with Crippen molar-refractivity contribution < 1.29 is 13.2 Å². The molecule has 0 amide bonds. The van der Waals surface area contributed by atoms with Gasteiger partial charge in [0.05, 0.1) is 11.4 Å². The maximum Gasteiger partial charge on any atom is 0.191 e. The minimum absolute atomic E-state index is 0.0290. The molecule has 0 saturated heterocycles. The average Bonchev–Trinajstić information content (AvgIpc) is 2.63. The average molecular weight is 390 g/mol. The lowest BCUT2D eigenvalue weighted by atomic mass is 10.2. The molecule has 0 aliphatic carbocycles. The lowest BCUT2D eigenvalue weighted by molar-refractivity contribution is 0.222. The molecule has 0 spiro atoms. The van der Waals surface area contributed by atoms with Crippen molar-refractivity contribution in [1.29, 1.82) is 0 Å². The molecule has 27 heavy (non-hydrogen) atoms. The fraction of sp³-hybridized carbons (Fsp3) is 0.350. The maximum atomic E-state index is 11.5. The first kappa shape index (κ1) is 20.8. The van der Waals surface area contributed by atoms with Gasteiger partial charge in [-0.1, -0.05) is 30.3 Å². The van der Waals surface area contributed by atoms with Crippen molar-refractivity contribution in [2.75, 3.05) is 19.8 Å². The number of nitrogens with one attached hydrogen (secondary N) is 2. The summed E-state index contributed by atoms with van der Waals surface area (Å²) in [6.07, 6.45) is 1.17. The van der Waals surface area contributed by atoms with Crippen LogP contribution in [0.3, 0.4) is 0 Å². The van der Waals surface area contributed by atoms with Crippen LogP contribution in [0.15, 0.2) is 58.4 Å². The van der Waals surface area contributed by atoms with Crippen molar-refractivity contribution in [1.82, 2.24) is 10.6 Å². The molecule has 0 fully saturated rings. The summed E-state index contributed by atoms with van der Waals surface area (Å²) in [5.41, 5.74) is 2.07. The molecule has 146 valence electrons. The first-order valence-corrected chi connectivity index (χ1v) is 10.6. The zero-order chi connectivity index (χ0) is 19.9. The van der Waals surface area contributed by atoms with Gasteiger partial charge >= 0.3 is 0 Å². The number of ether oxygens (including phenoxy) is 1. The molecule has 7 heteroatoms. The van der Waals surface area contributed by atoms with Gasteiger partial charge in [-0.2, -0.15) is 0 Å². The van der Waals surface area contributed by atoms with Crippen LogP contribution in [0.2, 0.25) is 0 Å². The molecule has 1 atom stereocenters. The highest BCUT2D eigenvalue weighted by Crippen LogP contribution is 2.17. The van der Waals surface area contributed by atoms with Crippen LogP contribution in [0.25, 0.3) is 0 Å². The van der Waals surface area contributed by atoms with Crippen LogP contribution in [0.1, 0.15) is 18.1 Å². The highest BCUT2D eigenvalue weighted by atomic mass is 32.2. The molecule has 1 unspecified atom stereocenters. The summed E-state index contributed by atoms with van der Waals surface area (Å²) >= 11 is 0. The molecule has 0 bridgehead atoms. The second-order valence-corrected chi connectivity index (χ2v) is 8.43. The SMILES string of the molecule is CN=C(NCc1ccc(S(C)(=O)=O)cc1)NCC(C)Oc1ccccc1C. The number of aliphatic imine (C=N–C) groups is 1. The minimum Gasteiger partial charge on any atom is -0.489 e. The molecule has 2 rings (SSSR count). The predicted octanol–water partition coefficient (Wildman–Crippen LogP) is 2.53. The Labute approximate surface area is 161 Å². The third kappa shape index (κ3) is 6.60. The van der Waals surface area contributed by atoms with Gasteiger partial charge in [-0.05, 0) is 43.2 Å². The lowest BCUT2D eigenvalue weighted by Gasteiger charge is -2.19. The topological polar surface area (TPSA) is 79.8 Å². The van der Waals surface area contributed by atoms with E-state index in [-0.39, 0.29) is 6.10 Å². The molecule has 0 aliphatic rings. The van der Waals surface area contributed by atoms with Crippen LogP contribution in [-0.4, -0.2) is 40.3 Å². The van der Waals surface area contributed by atoms with Crippen LogP contribution in [-0.2, 0) is 16.4 Å². The van der Waals surface area contributed by atoms with Gasteiger partial charge in [0.1, 0.15) is 11.9 Å². The molecule has 0 heterocycles. The molecule has 0 saturated carbocycles. The number of hydrogen-bond donors (Lipinski definition) is 2. The van der Waals surface area contributed by atoms with Crippen molar-refractivity contribution in [2.24, 2.45) is 4.99 Å². The summed E-state index contributed by atoms with van der Waals surface area (Å²) in [6, 6.07) is 14.7. The molecule has 2 aromatic carbocycles. The van der Waals surface area contributed by atoms with E-state index in [0.717, 1.165) is 16.9 Å². The fourth-order valence-electron chi connectivity index (χ4n) is 2.45. The molecular formula is C20H27N3O3S. The van der Waals surface area contributed by atoms with Crippen molar-refractivity contribution in [3.05, 3.63) is 59.7 Å². The summed E-state index contributed by atoms with van der Waals surface area (Å²) in [5.74, 6) is 1.53. The molecule has 0 aromatic heterocycles. The van der Waals surface area contributed by atoms with E-state index in [1.165, 1.54) is 6.26 Å². The quantitative estimate of drug-likeness (QED) is 0.562. The highest BCUT2D eigenvalue weighted by Gasteiger charge is 2.08. The number of benzene rings is 2. The smallest absolute Gasteiger partial charge is 0.191 e. The molecule has 2 N–H and O–H groups in total. The van der Waals surface area contributed by atoms with Crippen LogP contribution in [0.4, 0.5) is 0 Å². The number of rotatable bonds is 7. The second kappa shape index (κ2) is 9.41. The van der Waals surface area contributed by atoms with E-state index in [9.17, 15) is 8.42 Å². The number of hydrogen-bond acceptors (Lipinski definition) is 4. The summed E-state index contributed by atoms with van der Waals surface area (Å²) in [7, 11) is -1.47. The van der Waals surface area contributed by atoms with Crippen molar-refractivity contribution in [3.8, 4) is 5.75 Å². The Morgan fingerprint density at radius 3 is 2.37 bits per heavy atom. The normalized spacial score (nSPS) is 13.1. The van der Waals surface area contributed by atoms with E-state index in [2.05, 4.69) is 15.6 Å². The lowest BCUT2D eigenvalue weighted by Crippen LogP contribution is -2.41. The van der Waals surface area contributed by atoms with E-state index in [1.807, 2.05) is 38.1 Å². The maximum absolute atomic E-state index is 11.5. The van der Waals surface area contributed by atoms with Gasteiger partial charge in [0.15, 0.2) is 15.8 Å². The van der Waals surface area contributed by atoms with E-state index in [4.69, 9.17) is 4.74 Å². The zero-order valence-electron chi connectivity index (χ0n) is 16.2. The number of nitrogens with zero attached hydrogens (tertiary/aromatic N) is 1. The number of sulfone groups is 1. The zero-order valence-corrected chi connectivity index (χ0v) is 17.0. The third-order valence-electron chi connectivity index (χ3n) is 4.01. The van der Waals surface area contributed by atoms with Crippen molar-refractivity contribution >= 4 is 15.8 Å². The molecule has 0 aliphatic heterocycles. The largest absolute Gasteiger partial charge is 0.489 e. The number of para-hydroxylation sites is 1. The molecule has 0 radical (unpaired) electrons. The number of guanidine groups is 1. The Bertz CT molecular complexity index is 878. The van der Waals surface area contributed by atoms with Gasteiger partial charge in [-0.3, -0.25) is 4.99 Å². The fourth-order valence-corrected chi connectivity index (χ4v) is 3.08. The Kier molecular flexibility index (Phi) is 7.24. The van der Waals surface area contributed by atoms with Gasteiger partial charge < -0.3 is 15.4 Å². The van der Waals surface area contributed by atoms with Crippen molar-refractivity contribution in [3.63, 3.8) is 0 Å². The molecular weight excluding hydrogens is 362 g/mol. The number of aryl methyl sites for hydroxylation is 1. The van der Waals surface area contributed by atoms with E-state index in [0.29, 0.717) is 23.9 Å². The standard InChI is InChI=1S/C20H27N3O3S/c1-15-7-5-6-8-19(15)26-16(2)13-22-20(21-3)23-14-17-9-11-18(12-10-17)27(4,24)25/h5-12,16H,13-14H2,1-4H3,(H2,21,22,23). The van der Waals surface area contributed by atoms with Gasteiger partial charge in [0.2, 0.25) is 0 Å². The van der Waals surface area contributed by atoms with E-state index >= 15 is 0 Å². The van der Waals surface area contributed by atoms with E-state index in [1.54, 1.807) is 31.3 Å². The Morgan fingerprint density at radius 2 is 1.78 bits per heavy atom. The predicted molar refractivity (Wildman–Crippen MR) is 109 cm³/mol. The van der Waals surface area contributed by atoms with Crippen LogP contribution >= 0.6 is 0 Å². The Morgan fingerprint density at radius 1 is 1.11 bits per heavy atom. The summed E-state index contributed by atoms with van der Waals surface area (Å²) in [4.78, 5) is 4.52. The minimum atomic E-state index is -3.17. The summed E-state index contributed by atoms with van der Waals surface area (Å²) < 4.78 is 28.9. The van der Waals surface area contributed by atoms with Gasteiger partial charge in [-0.15, -0.1) is 0 Å². The van der Waals surface area contributed by atoms with E-state index < -0.39 is 9.84 Å². The highest BCUT2D eigenvalue weighted by molar-refractivity contribution is 7.90. The molecule has 6 nitrogen and oxygen atoms in total. The monoisotopic (exact) mass is 389 g/mol. The Balaban J connectivity index is 1.83. The molecule has 2 aromatic rings. The summed E-state index contributed by atoms with van der Waals surface area (Å²) in [6.45, 7) is 5.15. The first-order chi connectivity index (χ1) is 12.8. The van der Waals surface area contributed by atoms with Crippen LogP contribution in [0.5, 0.6) is 5.75 Å². The summed E-state index contributed by atoms with van der Waals surface area (Å²) in [5, 5.41) is 6.44. The third-order valence-corrected chi connectivity index (χ3v) is 5.14. The first-order valence-electron chi connectivity index (χ1n) is 8.75.